The average molecular weight is 247 g/mol. The van der Waals surface area contributed by atoms with Crippen molar-refractivity contribution >= 4 is 11.4 Å². The van der Waals surface area contributed by atoms with E-state index in [0.717, 1.165) is 31.9 Å². The predicted octanol–water partition coefficient (Wildman–Crippen LogP) is 2.44. The highest BCUT2D eigenvalue weighted by atomic mass is 15.3. The Bertz CT molecular complexity index is 387. The predicted molar refractivity (Wildman–Crippen MR) is 79.0 cm³/mol. The number of benzene rings is 1. The largest absolute Gasteiger partial charge is 0.399 e. The zero-order valence-electron chi connectivity index (χ0n) is 11.8. The molecular formula is C15H25N3. The third kappa shape index (κ3) is 3.64. The van der Waals surface area contributed by atoms with Gasteiger partial charge in [-0.15, -0.1) is 0 Å². The lowest BCUT2D eigenvalue weighted by molar-refractivity contribution is 0.182. The fourth-order valence-electron chi connectivity index (χ4n) is 2.56. The van der Waals surface area contributed by atoms with Gasteiger partial charge in [0, 0.05) is 44.1 Å². The summed E-state index contributed by atoms with van der Waals surface area (Å²) in [5.41, 5.74) is 8.33. The van der Waals surface area contributed by atoms with Gasteiger partial charge in [0.15, 0.2) is 0 Å². The number of nitrogen functional groups attached to an aromatic ring is 1. The lowest BCUT2D eigenvalue weighted by atomic mass is 9.96. The van der Waals surface area contributed by atoms with Gasteiger partial charge in [-0.1, -0.05) is 26.8 Å². The Morgan fingerprint density at radius 2 is 1.78 bits per heavy atom. The van der Waals surface area contributed by atoms with E-state index in [1.165, 1.54) is 12.2 Å². The van der Waals surface area contributed by atoms with Gasteiger partial charge >= 0.3 is 0 Å². The normalized spacial score (nSPS) is 18.1. The van der Waals surface area contributed by atoms with Crippen molar-refractivity contribution < 1.29 is 0 Å². The number of nitrogens with two attached hydrogens (primary N) is 1. The molecule has 2 N–H and O–H groups in total. The second kappa shape index (κ2) is 5.19. The van der Waals surface area contributed by atoms with Gasteiger partial charge in [0.05, 0.1) is 0 Å². The fourth-order valence-corrected chi connectivity index (χ4v) is 2.56. The monoisotopic (exact) mass is 247 g/mol. The molecule has 0 atom stereocenters. The van der Waals surface area contributed by atoms with Gasteiger partial charge in [0.1, 0.15) is 0 Å². The fraction of sp³-hybridized carbons (Fsp3) is 0.600. The summed E-state index contributed by atoms with van der Waals surface area (Å²) >= 11 is 0. The average Bonchev–Trinajstić information content (AvgIpc) is 2.28. The Labute approximate surface area is 111 Å². The summed E-state index contributed by atoms with van der Waals surface area (Å²) in [6, 6.07) is 8.20. The molecule has 0 bridgehead atoms. The summed E-state index contributed by atoms with van der Waals surface area (Å²) < 4.78 is 0. The zero-order chi connectivity index (χ0) is 13.2. The first-order chi connectivity index (χ1) is 8.44. The minimum atomic E-state index is 0.388. The van der Waals surface area contributed by atoms with Crippen LogP contribution in [0.25, 0.3) is 0 Å². The second-order valence-corrected chi connectivity index (χ2v) is 6.42. The molecule has 0 aliphatic carbocycles. The highest BCUT2D eigenvalue weighted by Gasteiger charge is 2.21. The van der Waals surface area contributed by atoms with Crippen molar-refractivity contribution in [1.29, 1.82) is 0 Å². The van der Waals surface area contributed by atoms with E-state index in [9.17, 15) is 0 Å². The van der Waals surface area contributed by atoms with E-state index >= 15 is 0 Å². The Balaban J connectivity index is 1.91. The third-order valence-electron chi connectivity index (χ3n) is 3.31. The molecule has 1 aliphatic rings. The van der Waals surface area contributed by atoms with Gasteiger partial charge in [-0.25, -0.2) is 0 Å². The number of nitrogens with zero attached hydrogens (tertiary/aromatic N) is 2. The van der Waals surface area contributed by atoms with Gasteiger partial charge in [0.2, 0.25) is 0 Å². The highest BCUT2D eigenvalue weighted by molar-refractivity contribution is 5.56. The van der Waals surface area contributed by atoms with Crippen molar-refractivity contribution in [2.75, 3.05) is 43.4 Å². The summed E-state index contributed by atoms with van der Waals surface area (Å²) in [6.45, 7) is 12.6. The lowest BCUT2D eigenvalue weighted by Crippen LogP contribution is -2.48. The summed E-state index contributed by atoms with van der Waals surface area (Å²) in [5.74, 6) is 0. The van der Waals surface area contributed by atoms with Crippen LogP contribution in [0.4, 0.5) is 11.4 Å². The Morgan fingerprint density at radius 1 is 1.11 bits per heavy atom. The molecule has 1 fully saturated rings. The SMILES string of the molecule is CC(C)(C)CN1CCN(c2cccc(N)c2)CC1. The van der Waals surface area contributed by atoms with Crippen LogP contribution in [0.2, 0.25) is 0 Å². The molecule has 1 heterocycles. The summed E-state index contributed by atoms with van der Waals surface area (Å²) in [5, 5.41) is 0. The van der Waals surface area contributed by atoms with Crippen LogP contribution in [0.3, 0.4) is 0 Å². The first-order valence-electron chi connectivity index (χ1n) is 6.77. The topological polar surface area (TPSA) is 32.5 Å². The first-order valence-corrected chi connectivity index (χ1v) is 6.77. The van der Waals surface area contributed by atoms with E-state index in [4.69, 9.17) is 5.73 Å². The molecule has 2 rings (SSSR count). The number of anilines is 2. The van der Waals surface area contributed by atoms with E-state index < -0.39 is 0 Å². The maximum absolute atomic E-state index is 5.84. The molecule has 1 aromatic carbocycles. The summed E-state index contributed by atoms with van der Waals surface area (Å²) in [7, 11) is 0. The number of hydrogen-bond acceptors (Lipinski definition) is 3. The molecule has 18 heavy (non-hydrogen) atoms. The van der Waals surface area contributed by atoms with Gasteiger partial charge < -0.3 is 10.6 Å². The van der Waals surface area contributed by atoms with Crippen LogP contribution >= 0.6 is 0 Å². The number of piperazine rings is 1. The maximum Gasteiger partial charge on any atom is 0.0387 e. The zero-order valence-corrected chi connectivity index (χ0v) is 11.8. The van der Waals surface area contributed by atoms with Gasteiger partial charge in [-0.05, 0) is 23.6 Å². The molecule has 1 saturated heterocycles. The van der Waals surface area contributed by atoms with Crippen LogP contribution < -0.4 is 10.6 Å². The van der Waals surface area contributed by atoms with Crippen molar-refractivity contribution in [3.63, 3.8) is 0 Å². The van der Waals surface area contributed by atoms with Crippen molar-refractivity contribution in [2.45, 2.75) is 20.8 Å². The summed E-state index contributed by atoms with van der Waals surface area (Å²) in [4.78, 5) is 4.98. The Morgan fingerprint density at radius 3 is 2.33 bits per heavy atom. The van der Waals surface area contributed by atoms with Crippen LogP contribution in [0, 0.1) is 5.41 Å². The van der Waals surface area contributed by atoms with Gasteiger partial charge in [-0.2, -0.15) is 0 Å². The van der Waals surface area contributed by atoms with Gasteiger partial charge in [0.25, 0.3) is 0 Å². The van der Waals surface area contributed by atoms with E-state index in [2.05, 4.69) is 42.7 Å². The van der Waals surface area contributed by atoms with Crippen molar-refractivity contribution in [3.8, 4) is 0 Å². The second-order valence-electron chi connectivity index (χ2n) is 6.42. The molecule has 100 valence electrons. The lowest BCUT2D eigenvalue weighted by Gasteiger charge is -2.38. The van der Waals surface area contributed by atoms with E-state index in [0.29, 0.717) is 5.41 Å². The first kappa shape index (κ1) is 13.2. The molecule has 1 aromatic rings. The number of rotatable bonds is 2. The highest BCUT2D eigenvalue weighted by Crippen LogP contribution is 2.21. The van der Waals surface area contributed by atoms with Crippen molar-refractivity contribution in [3.05, 3.63) is 24.3 Å². The smallest absolute Gasteiger partial charge is 0.0387 e. The molecule has 0 saturated carbocycles. The van der Waals surface area contributed by atoms with E-state index in [-0.39, 0.29) is 0 Å². The van der Waals surface area contributed by atoms with Gasteiger partial charge in [-0.3, -0.25) is 4.90 Å². The Kier molecular flexibility index (Phi) is 3.81. The maximum atomic E-state index is 5.84. The van der Waals surface area contributed by atoms with Crippen molar-refractivity contribution in [1.82, 2.24) is 4.90 Å². The van der Waals surface area contributed by atoms with Crippen LogP contribution in [0.15, 0.2) is 24.3 Å². The van der Waals surface area contributed by atoms with E-state index in [1.807, 2.05) is 12.1 Å². The minimum Gasteiger partial charge on any atom is -0.399 e. The quantitative estimate of drug-likeness (QED) is 0.815. The molecule has 0 amide bonds. The molecule has 0 unspecified atom stereocenters. The van der Waals surface area contributed by atoms with Crippen LogP contribution in [-0.2, 0) is 0 Å². The minimum absolute atomic E-state index is 0.388. The molecule has 0 radical (unpaired) electrons. The molecular weight excluding hydrogens is 222 g/mol. The molecule has 0 spiro atoms. The molecule has 1 aliphatic heterocycles. The van der Waals surface area contributed by atoms with Crippen LogP contribution in [0.5, 0.6) is 0 Å². The van der Waals surface area contributed by atoms with E-state index in [1.54, 1.807) is 0 Å². The third-order valence-corrected chi connectivity index (χ3v) is 3.31. The summed E-state index contributed by atoms with van der Waals surface area (Å²) in [6.07, 6.45) is 0. The Hall–Kier alpha value is -1.22. The molecule has 0 aromatic heterocycles. The standard InChI is InChI=1S/C15H25N3/c1-15(2,3)12-17-7-9-18(10-8-17)14-6-4-5-13(16)11-14/h4-6,11H,7-10,12,16H2,1-3H3. The van der Waals surface area contributed by atoms with Crippen molar-refractivity contribution in [2.24, 2.45) is 5.41 Å². The number of hydrogen-bond donors (Lipinski definition) is 1. The molecule has 3 heteroatoms. The van der Waals surface area contributed by atoms with Crippen LogP contribution in [-0.4, -0.2) is 37.6 Å². The molecule has 3 nitrogen and oxygen atoms in total. The van der Waals surface area contributed by atoms with Crippen LogP contribution in [0.1, 0.15) is 20.8 Å².